The van der Waals surface area contributed by atoms with Gasteiger partial charge in [-0.3, -0.25) is 4.31 Å². The summed E-state index contributed by atoms with van der Waals surface area (Å²) in [6.07, 6.45) is 1.54. The third kappa shape index (κ3) is 3.80. The van der Waals surface area contributed by atoms with Crippen LogP contribution in [0.1, 0.15) is 28.3 Å². The van der Waals surface area contributed by atoms with E-state index in [-0.39, 0.29) is 11.5 Å². The Balaban J connectivity index is 1.80. The zero-order chi connectivity index (χ0) is 21.1. The molecule has 150 valence electrons. The Labute approximate surface area is 176 Å². The normalized spacial score (nSPS) is 16.3. The van der Waals surface area contributed by atoms with Gasteiger partial charge in [-0.1, -0.05) is 48.0 Å². The predicted molar refractivity (Wildman–Crippen MR) is 114 cm³/mol. The Morgan fingerprint density at radius 2 is 1.63 bits per heavy atom. The van der Waals surface area contributed by atoms with Crippen LogP contribution in [0, 0.1) is 18.3 Å². The second-order valence-corrected chi connectivity index (χ2v) is 8.91. The number of sulfonamides is 1. The molecule has 0 spiro atoms. The Bertz CT molecular complexity index is 1210. The van der Waals surface area contributed by atoms with Crippen molar-refractivity contribution in [2.45, 2.75) is 17.9 Å². The van der Waals surface area contributed by atoms with Gasteiger partial charge >= 0.3 is 0 Å². The molecule has 0 saturated carbocycles. The summed E-state index contributed by atoms with van der Waals surface area (Å²) in [5, 5.41) is 9.01. The lowest BCUT2D eigenvalue weighted by Crippen LogP contribution is -2.36. The van der Waals surface area contributed by atoms with E-state index in [1.807, 2.05) is 37.3 Å². The number of aryl methyl sites for hydroxylation is 1. The first-order valence-corrected chi connectivity index (χ1v) is 10.9. The number of benzene rings is 3. The van der Waals surface area contributed by atoms with Crippen molar-refractivity contribution < 1.29 is 13.2 Å². The average Bonchev–Trinajstić information content (AvgIpc) is 2.79. The Morgan fingerprint density at radius 1 is 0.967 bits per heavy atom. The van der Waals surface area contributed by atoms with Crippen molar-refractivity contribution in [3.8, 4) is 6.07 Å². The van der Waals surface area contributed by atoms with E-state index in [1.165, 1.54) is 10.5 Å². The first kappa shape index (κ1) is 19.7. The minimum Gasteiger partial charge on any atom is -0.489 e. The van der Waals surface area contributed by atoms with Crippen LogP contribution in [0.3, 0.4) is 0 Å². The Hall–Kier alpha value is -3.56. The molecule has 1 atom stereocenters. The van der Waals surface area contributed by atoms with Crippen molar-refractivity contribution in [1.82, 2.24) is 4.31 Å². The molecule has 3 aromatic carbocycles. The number of ether oxygens (including phenoxy) is 1. The number of hydrogen-bond donors (Lipinski definition) is 0. The lowest BCUT2D eigenvalue weighted by molar-refractivity contribution is 0.178. The van der Waals surface area contributed by atoms with E-state index in [9.17, 15) is 8.42 Å². The van der Waals surface area contributed by atoms with Crippen LogP contribution in [0.25, 0.3) is 5.76 Å². The molecular weight excluding hydrogens is 396 g/mol. The fraction of sp³-hybridized carbons (Fsp3) is 0.125. The van der Waals surface area contributed by atoms with Crippen LogP contribution in [0.4, 0.5) is 0 Å². The molecule has 0 N–H and O–H groups in total. The van der Waals surface area contributed by atoms with E-state index < -0.39 is 16.1 Å². The average molecular weight is 417 g/mol. The smallest absolute Gasteiger partial charge is 0.264 e. The van der Waals surface area contributed by atoms with E-state index >= 15 is 0 Å². The third-order valence-electron chi connectivity index (χ3n) is 5.03. The SMILES string of the molecule is Cc1ccc(S(=O)(=O)N2C=C(c3ccc(C#N)cc3)OCC2c2ccccc2)cc1. The number of rotatable bonds is 4. The maximum Gasteiger partial charge on any atom is 0.264 e. The lowest BCUT2D eigenvalue weighted by Gasteiger charge is -2.35. The highest BCUT2D eigenvalue weighted by Gasteiger charge is 2.34. The van der Waals surface area contributed by atoms with Crippen molar-refractivity contribution >= 4 is 15.8 Å². The molecule has 4 rings (SSSR count). The molecule has 0 aromatic heterocycles. The summed E-state index contributed by atoms with van der Waals surface area (Å²) < 4.78 is 34.4. The molecule has 3 aromatic rings. The maximum atomic E-state index is 13.5. The van der Waals surface area contributed by atoms with Crippen molar-refractivity contribution in [2.24, 2.45) is 0 Å². The van der Waals surface area contributed by atoms with Crippen molar-refractivity contribution in [2.75, 3.05) is 6.61 Å². The first-order valence-electron chi connectivity index (χ1n) is 9.49. The van der Waals surface area contributed by atoms with E-state index in [0.29, 0.717) is 16.9 Å². The van der Waals surface area contributed by atoms with Crippen LogP contribution in [0.2, 0.25) is 0 Å². The predicted octanol–water partition coefficient (Wildman–Crippen LogP) is 4.63. The number of nitrogens with zero attached hydrogens (tertiary/aromatic N) is 2. The van der Waals surface area contributed by atoms with Crippen LogP contribution in [0.5, 0.6) is 0 Å². The number of hydrogen-bond acceptors (Lipinski definition) is 4. The van der Waals surface area contributed by atoms with Gasteiger partial charge in [0, 0.05) is 5.56 Å². The van der Waals surface area contributed by atoms with Gasteiger partial charge in [0.15, 0.2) is 0 Å². The first-order chi connectivity index (χ1) is 14.5. The van der Waals surface area contributed by atoms with Crippen LogP contribution < -0.4 is 0 Å². The summed E-state index contributed by atoms with van der Waals surface area (Å²) in [4.78, 5) is 0.228. The van der Waals surface area contributed by atoms with Gasteiger partial charge in [-0.05, 0) is 48.9 Å². The van der Waals surface area contributed by atoms with Crippen molar-refractivity contribution in [1.29, 1.82) is 5.26 Å². The molecule has 30 heavy (non-hydrogen) atoms. The molecule has 0 radical (unpaired) electrons. The van der Waals surface area contributed by atoms with E-state index in [1.54, 1.807) is 48.5 Å². The van der Waals surface area contributed by atoms with E-state index in [0.717, 1.165) is 11.1 Å². The summed E-state index contributed by atoms with van der Waals surface area (Å²) in [7, 11) is -3.81. The molecule has 1 heterocycles. The highest BCUT2D eigenvalue weighted by atomic mass is 32.2. The molecule has 1 aliphatic rings. The molecule has 0 amide bonds. The van der Waals surface area contributed by atoms with Crippen LogP contribution in [-0.4, -0.2) is 19.3 Å². The van der Waals surface area contributed by atoms with Crippen LogP contribution in [-0.2, 0) is 14.8 Å². The van der Waals surface area contributed by atoms with Gasteiger partial charge in [0.05, 0.1) is 22.7 Å². The Morgan fingerprint density at radius 3 is 2.27 bits per heavy atom. The quantitative estimate of drug-likeness (QED) is 0.622. The minimum atomic E-state index is -3.81. The largest absolute Gasteiger partial charge is 0.489 e. The Kier molecular flexibility index (Phi) is 5.30. The molecule has 1 aliphatic heterocycles. The maximum absolute atomic E-state index is 13.5. The van der Waals surface area contributed by atoms with Gasteiger partial charge < -0.3 is 4.74 Å². The molecular formula is C24H20N2O3S. The third-order valence-corrected chi connectivity index (χ3v) is 6.81. The fourth-order valence-electron chi connectivity index (χ4n) is 3.34. The van der Waals surface area contributed by atoms with Crippen LogP contribution >= 0.6 is 0 Å². The summed E-state index contributed by atoms with van der Waals surface area (Å²) in [6.45, 7) is 2.10. The van der Waals surface area contributed by atoms with E-state index in [2.05, 4.69) is 6.07 Å². The van der Waals surface area contributed by atoms with Gasteiger partial charge in [0.1, 0.15) is 18.4 Å². The highest BCUT2D eigenvalue weighted by Crippen LogP contribution is 2.35. The summed E-state index contributed by atoms with van der Waals surface area (Å²) in [5.74, 6) is 0.447. The van der Waals surface area contributed by atoms with Crippen molar-refractivity contribution in [3.05, 3.63) is 107 Å². The summed E-state index contributed by atoms with van der Waals surface area (Å²) in [5.41, 5.74) is 3.08. The lowest BCUT2D eigenvalue weighted by atomic mass is 10.1. The zero-order valence-electron chi connectivity index (χ0n) is 16.4. The van der Waals surface area contributed by atoms with Gasteiger partial charge in [-0.15, -0.1) is 0 Å². The molecule has 6 heteroatoms. The van der Waals surface area contributed by atoms with Crippen molar-refractivity contribution in [3.63, 3.8) is 0 Å². The van der Waals surface area contributed by atoms with Gasteiger partial charge in [0.25, 0.3) is 10.0 Å². The molecule has 0 fully saturated rings. The zero-order valence-corrected chi connectivity index (χ0v) is 17.2. The highest BCUT2D eigenvalue weighted by molar-refractivity contribution is 7.89. The van der Waals surface area contributed by atoms with E-state index in [4.69, 9.17) is 10.00 Å². The van der Waals surface area contributed by atoms with Gasteiger partial charge in [0.2, 0.25) is 0 Å². The monoisotopic (exact) mass is 416 g/mol. The minimum absolute atomic E-state index is 0.181. The van der Waals surface area contributed by atoms with Crippen LogP contribution in [0.15, 0.2) is 90.0 Å². The second-order valence-electron chi connectivity index (χ2n) is 7.07. The summed E-state index contributed by atoms with van der Waals surface area (Å²) in [6, 6.07) is 24.7. The van der Waals surface area contributed by atoms with Gasteiger partial charge in [-0.25, -0.2) is 8.42 Å². The second kappa shape index (κ2) is 8.05. The van der Waals surface area contributed by atoms with Gasteiger partial charge in [-0.2, -0.15) is 5.26 Å². The topological polar surface area (TPSA) is 70.4 Å². The molecule has 0 aliphatic carbocycles. The number of nitriles is 1. The molecule has 0 bridgehead atoms. The molecule has 5 nitrogen and oxygen atoms in total. The molecule has 0 saturated heterocycles. The standard InChI is InChI=1S/C24H20N2O3S/c1-18-7-13-22(14-8-18)30(27,28)26-16-24(21-11-9-19(15-25)10-12-21)29-17-23(26)20-5-3-2-4-6-20/h2-14,16,23H,17H2,1H3. The molecule has 1 unspecified atom stereocenters. The summed E-state index contributed by atoms with van der Waals surface area (Å²) >= 11 is 0. The fourth-order valence-corrected chi connectivity index (χ4v) is 4.81.